The van der Waals surface area contributed by atoms with Gasteiger partial charge in [-0.1, -0.05) is 33.8 Å². The average Bonchev–Trinajstić information content (AvgIpc) is 3.47. The molecule has 2 aliphatic heterocycles. The number of piperidine rings is 1. The minimum absolute atomic E-state index is 0.0272. The van der Waals surface area contributed by atoms with Crippen LogP contribution in [0.4, 0.5) is 4.39 Å². The largest absolute Gasteiger partial charge is 0.389 e. The first-order valence-corrected chi connectivity index (χ1v) is 14.9. The van der Waals surface area contributed by atoms with E-state index in [0.717, 1.165) is 0 Å². The first-order valence-electron chi connectivity index (χ1n) is 14.9. The average molecular weight is 598 g/mol. The number of carbonyl (C=O) groups is 5. The maximum Gasteiger partial charge on any atom is 0.268 e. The maximum atomic E-state index is 14.2. The van der Waals surface area contributed by atoms with E-state index < -0.39 is 60.0 Å². The van der Waals surface area contributed by atoms with Crippen LogP contribution in [0.5, 0.6) is 0 Å². The molecule has 0 bridgehead atoms. The number of benzene rings is 1. The Bertz CT molecular complexity index is 1450. The number of aliphatic hydroxyl groups excluding tert-OH is 1. The zero-order chi connectivity index (χ0) is 31.2. The van der Waals surface area contributed by atoms with Crippen molar-refractivity contribution in [3.8, 4) is 0 Å². The summed E-state index contributed by atoms with van der Waals surface area (Å²) in [7, 11) is 0. The lowest BCUT2D eigenvalue weighted by atomic mass is 9.94. The quantitative estimate of drug-likeness (QED) is 0.264. The van der Waals surface area contributed by atoms with Gasteiger partial charge in [-0.15, -0.1) is 0 Å². The fourth-order valence-corrected chi connectivity index (χ4v) is 6.98. The van der Waals surface area contributed by atoms with Crippen molar-refractivity contribution in [2.75, 3.05) is 19.7 Å². The molecule has 3 fully saturated rings. The van der Waals surface area contributed by atoms with E-state index in [0.29, 0.717) is 31.4 Å². The van der Waals surface area contributed by atoms with Gasteiger partial charge in [-0.05, 0) is 60.6 Å². The van der Waals surface area contributed by atoms with Gasteiger partial charge in [0.2, 0.25) is 17.7 Å². The lowest BCUT2D eigenvalue weighted by Gasteiger charge is -2.34. The van der Waals surface area contributed by atoms with E-state index in [-0.39, 0.29) is 46.6 Å². The number of aromatic nitrogens is 1. The molecule has 2 saturated heterocycles. The number of hydrogen-bond donors (Lipinski definition) is 5. The Balaban J connectivity index is 1.36. The number of H-pyrrole nitrogens is 1. The molecule has 43 heavy (non-hydrogen) atoms. The molecule has 6 atom stereocenters. The summed E-state index contributed by atoms with van der Waals surface area (Å²) in [5, 5.41) is 18.1. The Morgan fingerprint density at radius 2 is 1.91 bits per heavy atom. The second-order valence-electron chi connectivity index (χ2n) is 13.1. The number of carbonyl (C=O) groups excluding carboxylic acids is 5. The van der Waals surface area contributed by atoms with Gasteiger partial charge in [-0.3, -0.25) is 24.0 Å². The number of aromatic amines is 1. The normalized spacial score (nSPS) is 25.3. The molecule has 1 saturated carbocycles. The van der Waals surface area contributed by atoms with Crippen molar-refractivity contribution in [2.24, 2.45) is 29.1 Å². The van der Waals surface area contributed by atoms with Gasteiger partial charge in [0.05, 0.1) is 6.04 Å². The lowest BCUT2D eigenvalue weighted by Crippen LogP contribution is -2.58. The molecular weight excluding hydrogens is 557 g/mol. The van der Waals surface area contributed by atoms with Gasteiger partial charge in [0, 0.05) is 29.9 Å². The van der Waals surface area contributed by atoms with E-state index in [1.54, 1.807) is 6.07 Å². The van der Waals surface area contributed by atoms with Crippen LogP contribution in [-0.4, -0.2) is 82.2 Å². The van der Waals surface area contributed by atoms with Crippen molar-refractivity contribution in [3.63, 3.8) is 0 Å². The molecule has 2 aromatic rings. The predicted molar refractivity (Wildman–Crippen MR) is 155 cm³/mol. The molecule has 0 spiro atoms. The van der Waals surface area contributed by atoms with Crippen molar-refractivity contribution in [1.29, 1.82) is 0 Å². The molecule has 5 N–H and O–H groups in total. The molecule has 232 valence electrons. The number of nitrogens with zero attached hydrogens (tertiary/aromatic N) is 1. The third kappa shape index (κ3) is 5.89. The summed E-state index contributed by atoms with van der Waals surface area (Å²) in [6.45, 7) is 7.92. The Morgan fingerprint density at radius 1 is 1.16 bits per heavy atom. The molecular formula is C31H40FN5O6. The second kappa shape index (κ2) is 11.7. The van der Waals surface area contributed by atoms with Gasteiger partial charge in [0.1, 0.15) is 30.2 Å². The van der Waals surface area contributed by atoms with Crippen molar-refractivity contribution < 1.29 is 33.5 Å². The van der Waals surface area contributed by atoms with Gasteiger partial charge in [-0.2, -0.15) is 0 Å². The van der Waals surface area contributed by atoms with Crippen LogP contribution < -0.4 is 16.0 Å². The SMILES string of the molecule is CC(C)CC(NC(=O)c1cc2c(F)cccc2[nH]1)C(=O)N1C[C@H]2[C@@H]([C@H]1C(=O)N[C@@H](C[C@@H]1CCNC1=O)C(=O)CO)C2(C)C. The highest BCUT2D eigenvalue weighted by molar-refractivity contribution is 6.01. The predicted octanol–water partition coefficient (Wildman–Crippen LogP) is 1.51. The molecule has 1 unspecified atom stereocenters. The van der Waals surface area contributed by atoms with Gasteiger partial charge >= 0.3 is 0 Å². The molecule has 12 heteroatoms. The van der Waals surface area contributed by atoms with Gasteiger partial charge in [0.25, 0.3) is 5.91 Å². The van der Waals surface area contributed by atoms with E-state index in [4.69, 9.17) is 0 Å². The molecule has 11 nitrogen and oxygen atoms in total. The molecule has 1 aromatic heterocycles. The fourth-order valence-electron chi connectivity index (χ4n) is 6.98. The van der Waals surface area contributed by atoms with Crippen molar-refractivity contribution in [2.45, 2.75) is 65.1 Å². The number of nitrogens with one attached hydrogen (secondary N) is 4. The number of Topliss-reactive ketones (excluding diaryl/α,β-unsaturated/α-hetero) is 1. The molecule has 3 aliphatic rings. The number of rotatable bonds is 11. The number of hydrogen-bond acceptors (Lipinski definition) is 6. The monoisotopic (exact) mass is 597 g/mol. The van der Waals surface area contributed by atoms with Gasteiger partial charge in [-0.25, -0.2) is 4.39 Å². The first-order chi connectivity index (χ1) is 20.3. The summed E-state index contributed by atoms with van der Waals surface area (Å²) in [6, 6.07) is 3.00. The minimum Gasteiger partial charge on any atom is -0.389 e. The van der Waals surface area contributed by atoms with E-state index in [1.807, 2.05) is 27.7 Å². The van der Waals surface area contributed by atoms with Crippen molar-refractivity contribution >= 4 is 40.3 Å². The third-order valence-electron chi connectivity index (χ3n) is 9.47. The molecule has 5 rings (SSSR count). The number of aliphatic hydroxyl groups is 1. The highest BCUT2D eigenvalue weighted by Gasteiger charge is 2.69. The van der Waals surface area contributed by atoms with Crippen LogP contribution in [0.3, 0.4) is 0 Å². The summed E-state index contributed by atoms with van der Waals surface area (Å²) in [6.07, 6.45) is 0.896. The molecule has 1 aliphatic carbocycles. The Kier molecular flexibility index (Phi) is 8.34. The number of amides is 4. The Hall–Kier alpha value is -3.80. The Labute approximate surface area is 249 Å². The van der Waals surface area contributed by atoms with Gasteiger partial charge < -0.3 is 30.9 Å². The fraction of sp³-hybridized carbons (Fsp3) is 0.581. The maximum absolute atomic E-state index is 14.2. The van der Waals surface area contributed by atoms with Crippen LogP contribution in [0.2, 0.25) is 0 Å². The first kappa shape index (κ1) is 30.7. The topological polar surface area (TPSA) is 161 Å². The van der Waals surface area contributed by atoms with E-state index in [9.17, 15) is 33.5 Å². The number of halogens is 1. The molecule has 1 aromatic carbocycles. The summed E-state index contributed by atoms with van der Waals surface area (Å²) >= 11 is 0. The summed E-state index contributed by atoms with van der Waals surface area (Å²) in [5.74, 6) is -3.28. The molecule has 0 radical (unpaired) electrons. The van der Waals surface area contributed by atoms with Crippen molar-refractivity contribution in [3.05, 3.63) is 35.8 Å². The lowest BCUT2D eigenvalue weighted by molar-refractivity contribution is -0.143. The number of fused-ring (bicyclic) bond motifs is 2. The van der Waals surface area contributed by atoms with Crippen LogP contribution in [0.1, 0.15) is 57.4 Å². The van der Waals surface area contributed by atoms with Crippen LogP contribution in [0.15, 0.2) is 24.3 Å². The third-order valence-corrected chi connectivity index (χ3v) is 9.47. The van der Waals surface area contributed by atoms with Crippen LogP contribution in [0.25, 0.3) is 10.9 Å². The van der Waals surface area contributed by atoms with Crippen LogP contribution >= 0.6 is 0 Å². The van der Waals surface area contributed by atoms with Gasteiger partial charge in [0.15, 0.2) is 5.78 Å². The van der Waals surface area contributed by atoms with E-state index >= 15 is 0 Å². The van der Waals surface area contributed by atoms with Crippen LogP contribution in [0, 0.1) is 34.9 Å². The highest BCUT2D eigenvalue weighted by atomic mass is 19.1. The van der Waals surface area contributed by atoms with Crippen molar-refractivity contribution in [1.82, 2.24) is 25.8 Å². The van der Waals surface area contributed by atoms with Crippen LogP contribution in [-0.2, 0) is 19.2 Å². The second-order valence-corrected chi connectivity index (χ2v) is 13.1. The minimum atomic E-state index is -1.07. The number of ketones is 1. The Morgan fingerprint density at radius 3 is 2.53 bits per heavy atom. The van der Waals surface area contributed by atoms with E-state index in [2.05, 4.69) is 20.9 Å². The summed E-state index contributed by atoms with van der Waals surface area (Å²) in [4.78, 5) is 70.3. The summed E-state index contributed by atoms with van der Waals surface area (Å²) < 4.78 is 14.2. The standard InChI is InChI=1S/C31H40FN5O6/c1-15(2)10-23(36-28(41)22-12-17-19(32)6-5-7-20(17)34-22)30(43)37-13-18-25(31(18,3)4)26(37)29(42)35-21(24(39)14-38)11-16-8-9-33-27(16)40/h5-7,12,15-16,18,21,23,25-26,34,38H,8-11,13-14H2,1-4H3,(H,33,40)(H,35,42)(H,36,41)/t16-,18-,21-,23?,25-,26-/m0/s1. The smallest absolute Gasteiger partial charge is 0.268 e. The van der Waals surface area contributed by atoms with E-state index in [1.165, 1.54) is 23.1 Å². The highest BCUT2D eigenvalue weighted by Crippen LogP contribution is 2.65. The molecule has 3 heterocycles. The zero-order valence-electron chi connectivity index (χ0n) is 24.9. The zero-order valence-corrected chi connectivity index (χ0v) is 24.9. The summed E-state index contributed by atoms with van der Waals surface area (Å²) in [5.41, 5.74) is 0.367. The number of likely N-dealkylation sites (tertiary alicyclic amines) is 1. The molecule has 4 amide bonds.